The standard InChI is InChI=1S/C15H18O4/c1-4-5-6-11(2)18-15(17)13-7-9-14(10-8-13)19-12(3)16/h7-10H,2,4-6H2,1,3H3. The first-order valence-corrected chi connectivity index (χ1v) is 6.21. The molecule has 0 saturated heterocycles. The minimum Gasteiger partial charge on any atom is -0.428 e. The van der Waals surface area contributed by atoms with Crippen molar-refractivity contribution in [1.82, 2.24) is 0 Å². The smallest absolute Gasteiger partial charge is 0.343 e. The molecule has 0 amide bonds. The molecule has 0 spiro atoms. The number of esters is 2. The normalized spacial score (nSPS) is 9.79. The maximum atomic E-state index is 11.8. The van der Waals surface area contributed by atoms with Crippen molar-refractivity contribution in [3.63, 3.8) is 0 Å². The van der Waals surface area contributed by atoms with E-state index in [1.807, 2.05) is 0 Å². The zero-order valence-electron chi connectivity index (χ0n) is 11.3. The Kier molecular flexibility index (Phi) is 5.79. The monoisotopic (exact) mass is 262 g/mol. The largest absolute Gasteiger partial charge is 0.428 e. The summed E-state index contributed by atoms with van der Waals surface area (Å²) in [4.78, 5) is 22.5. The fourth-order valence-corrected chi connectivity index (χ4v) is 1.44. The molecular formula is C15H18O4. The van der Waals surface area contributed by atoms with Crippen LogP contribution in [0.5, 0.6) is 5.75 Å². The van der Waals surface area contributed by atoms with Crippen LogP contribution in [0.4, 0.5) is 0 Å². The van der Waals surface area contributed by atoms with Crippen LogP contribution in [0.2, 0.25) is 0 Å². The lowest BCUT2D eigenvalue weighted by molar-refractivity contribution is -0.131. The quantitative estimate of drug-likeness (QED) is 0.447. The number of allylic oxidation sites excluding steroid dienone is 1. The van der Waals surface area contributed by atoms with Gasteiger partial charge in [0.25, 0.3) is 0 Å². The average Bonchev–Trinajstić information content (AvgIpc) is 2.36. The van der Waals surface area contributed by atoms with E-state index in [0.717, 1.165) is 12.8 Å². The highest BCUT2D eigenvalue weighted by Crippen LogP contribution is 2.15. The molecule has 1 aromatic rings. The predicted octanol–water partition coefficient (Wildman–Crippen LogP) is 3.47. The molecule has 0 heterocycles. The van der Waals surface area contributed by atoms with Crippen molar-refractivity contribution >= 4 is 11.9 Å². The van der Waals surface area contributed by atoms with E-state index >= 15 is 0 Å². The van der Waals surface area contributed by atoms with E-state index < -0.39 is 11.9 Å². The first-order chi connectivity index (χ1) is 9.02. The molecule has 0 radical (unpaired) electrons. The SMILES string of the molecule is C=C(CCCC)OC(=O)c1ccc(OC(C)=O)cc1. The third-order valence-electron chi connectivity index (χ3n) is 2.40. The summed E-state index contributed by atoms with van der Waals surface area (Å²) in [6, 6.07) is 6.20. The summed E-state index contributed by atoms with van der Waals surface area (Å²) in [5.41, 5.74) is 0.397. The van der Waals surface area contributed by atoms with Crippen molar-refractivity contribution in [3.8, 4) is 5.75 Å². The Morgan fingerprint density at radius 2 is 1.84 bits per heavy atom. The molecule has 0 aliphatic carbocycles. The molecule has 0 atom stereocenters. The number of carbonyl (C=O) groups is 2. The highest BCUT2D eigenvalue weighted by molar-refractivity contribution is 5.90. The molecule has 0 aliphatic heterocycles. The van der Waals surface area contributed by atoms with E-state index in [1.54, 1.807) is 24.3 Å². The summed E-state index contributed by atoms with van der Waals surface area (Å²) in [7, 11) is 0. The van der Waals surface area contributed by atoms with Gasteiger partial charge in [0.15, 0.2) is 0 Å². The lowest BCUT2D eigenvalue weighted by Crippen LogP contribution is -2.05. The van der Waals surface area contributed by atoms with Gasteiger partial charge in [-0.1, -0.05) is 19.9 Å². The molecule has 4 heteroatoms. The van der Waals surface area contributed by atoms with E-state index in [0.29, 0.717) is 23.5 Å². The van der Waals surface area contributed by atoms with Crippen LogP contribution in [0, 0.1) is 0 Å². The molecule has 19 heavy (non-hydrogen) atoms. The van der Waals surface area contributed by atoms with Crippen LogP contribution in [0.1, 0.15) is 43.5 Å². The number of unbranched alkanes of at least 4 members (excludes halogenated alkanes) is 1. The van der Waals surface area contributed by atoms with Gasteiger partial charge in [-0.25, -0.2) is 4.79 Å². The highest BCUT2D eigenvalue weighted by atomic mass is 16.5. The summed E-state index contributed by atoms with van der Waals surface area (Å²) in [6.45, 7) is 7.08. The van der Waals surface area contributed by atoms with Gasteiger partial charge in [-0.05, 0) is 30.7 Å². The van der Waals surface area contributed by atoms with Crippen LogP contribution in [-0.2, 0) is 9.53 Å². The second-order valence-corrected chi connectivity index (χ2v) is 4.15. The van der Waals surface area contributed by atoms with Gasteiger partial charge in [-0.3, -0.25) is 4.79 Å². The van der Waals surface area contributed by atoms with Crippen LogP contribution in [-0.4, -0.2) is 11.9 Å². The lowest BCUT2D eigenvalue weighted by Gasteiger charge is -2.07. The molecule has 102 valence electrons. The number of carbonyl (C=O) groups excluding carboxylic acids is 2. The van der Waals surface area contributed by atoms with Crippen LogP contribution in [0.3, 0.4) is 0 Å². The fraction of sp³-hybridized carbons (Fsp3) is 0.333. The lowest BCUT2D eigenvalue weighted by atomic mass is 10.2. The van der Waals surface area contributed by atoms with Crippen molar-refractivity contribution in [2.24, 2.45) is 0 Å². The van der Waals surface area contributed by atoms with Crippen LogP contribution in [0.15, 0.2) is 36.6 Å². The Morgan fingerprint density at radius 1 is 1.21 bits per heavy atom. The average molecular weight is 262 g/mol. The van der Waals surface area contributed by atoms with Gasteiger partial charge >= 0.3 is 11.9 Å². The third-order valence-corrected chi connectivity index (χ3v) is 2.40. The summed E-state index contributed by atoms with van der Waals surface area (Å²) >= 11 is 0. The molecule has 0 aromatic heterocycles. The van der Waals surface area contributed by atoms with E-state index in [9.17, 15) is 9.59 Å². The molecule has 0 N–H and O–H groups in total. The van der Waals surface area contributed by atoms with Crippen molar-refractivity contribution in [2.75, 3.05) is 0 Å². The summed E-state index contributed by atoms with van der Waals surface area (Å²) in [6.07, 6.45) is 2.64. The maximum absolute atomic E-state index is 11.8. The van der Waals surface area contributed by atoms with E-state index in [-0.39, 0.29) is 0 Å². The van der Waals surface area contributed by atoms with E-state index in [1.165, 1.54) is 6.92 Å². The first kappa shape index (κ1) is 15.0. The molecule has 0 fully saturated rings. The maximum Gasteiger partial charge on any atom is 0.343 e. The second-order valence-electron chi connectivity index (χ2n) is 4.15. The van der Waals surface area contributed by atoms with Gasteiger partial charge in [0.2, 0.25) is 0 Å². The zero-order chi connectivity index (χ0) is 14.3. The van der Waals surface area contributed by atoms with Crippen molar-refractivity contribution < 1.29 is 19.1 Å². The predicted molar refractivity (Wildman–Crippen MR) is 71.8 cm³/mol. The van der Waals surface area contributed by atoms with Crippen LogP contribution < -0.4 is 4.74 Å². The van der Waals surface area contributed by atoms with Gasteiger partial charge in [0.05, 0.1) is 5.56 Å². The van der Waals surface area contributed by atoms with Gasteiger partial charge in [0.1, 0.15) is 11.5 Å². The number of hydrogen-bond donors (Lipinski definition) is 0. The number of rotatable bonds is 6. The Morgan fingerprint density at radius 3 is 2.37 bits per heavy atom. The molecular weight excluding hydrogens is 244 g/mol. The molecule has 0 bridgehead atoms. The van der Waals surface area contributed by atoms with Crippen molar-refractivity contribution in [3.05, 3.63) is 42.2 Å². The van der Waals surface area contributed by atoms with Gasteiger partial charge in [-0.2, -0.15) is 0 Å². The molecule has 1 rings (SSSR count). The first-order valence-electron chi connectivity index (χ1n) is 6.21. The second kappa shape index (κ2) is 7.36. The van der Waals surface area contributed by atoms with Gasteiger partial charge in [-0.15, -0.1) is 0 Å². The molecule has 4 nitrogen and oxygen atoms in total. The summed E-state index contributed by atoms with van der Waals surface area (Å²) in [5.74, 6) is 0.0171. The Balaban J connectivity index is 2.57. The van der Waals surface area contributed by atoms with Gasteiger partial charge in [0, 0.05) is 13.3 Å². The fourth-order valence-electron chi connectivity index (χ4n) is 1.44. The number of ether oxygens (including phenoxy) is 2. The molecule has 0 aliphatic rings. The Bertz CT molecular complexity index is 460. The minimum absolute atomic E-state index is 0.397. The van der Waals surface area contributed by atoms with Crippen LogP contribution in [0.25, 0.3) is 0 Å². The summed E-state index contributed by atoms with van der Waals surface area (Å²) < 4.78 is 9.99. The topological polar surface area (TPSA) is 52.6 Å². The third kappa shape index (κ3) is 5.38. The van der Waals surface area contributed by atoms with Gasteiger partial charge < -0.3 is 9.47 Å². The van der Waals surface area contributed by atoms with Crippen molar-refractivity contribution in [1.29, 1.82) is 0 Å². The van der Waals surface area contributed by atoms with E-state index in [4.69, 9.17) is 9.47 Å². The Hall–Kier alpha value is -2.10. The summed E-state index contributed by atoms with van der Waals surface area (Å²) in [5, 5.41) is 0. The molecule has 1 aromatic carbocycles. The highest BCUT2D eigenvalue weighted by Gasteiger charge is 2.09. The molecule has 0 unspecified atom stereocenters. The zero-order valence-corrected chi connectivity index (χ0v) is 11.3. The van der Waals surface area contributed by atoms with E-state index in [2.05, 4.69) is 13.5 Å². The number of hydrogen-bond acceptors (Lipinski definition) is 4. The van der Waals surface area contributed by atoms with Crippen molar-refractivity contribution in [2.45, 2.75) is 33.1 Å². The van der Waals surface area contributed by atoms with Crippen LogP contribution >= 0.6 is 0 Å². The number of benzene rings is 1. The minimum atomic E-state index is -0.449. The Labute approximate surface area is 113 Å². The molecule has 0 saturated carbocycles.